The van der Waals surface area contributed by atoms with Crippen molar-refractivity contribution >= 4 is 33.5 Å². The predicted molar refractivity (Wildman–Crippen MR) is 79.8 cm³/mol. The molecule has 1 amide bonds. The molecule has 2 aromatic rings. The van der Waals surface area contributed by atoms with E-state index in [1.165, 1.54) is 18.2 Å². The lowest BCUT2D eigenvalue weighted by molar-refractivity contribution is -0.136. The van der Waals surface area contributed by atoms with Crippen LogP contribution in [0.2, 0.25) is 0 Å². The molecular formula is C15H11BrFNO3. The third-order valence-electron chi connectivity index (χ3n) is 2.72. The number of carbonyl (C=O) groups excluding carboxylic acids is 1. The number of carbonyl (C=O) groups is 2. The summed E-state index contributed by atoms with van der Waals surface area (Å²) in [4.78, 5) is 22.8. The van der Waals surface area contributed by atoms with Crippen molar-refractivity contribution in [3.05, 3.63) is 63.9 Å². The Bertz CT molecular complexity index is 703. The maximum absolute atomic E-state index is 13.0. The molecule has 0 aromatic heterocycles. The van der Waals surface area contributed by atoms with Gasteiger partial charge in [-0.15, -0.1) is 0 Å². The highest BCUT2D eigenvalue weighted by molar-refractivity contribution is 9.10. The molecule has 0 unspecified atom stereocenters. The van der Waals surface area contributed by atoms with Crippen LogP contribution in [0.4, 0.5) is 10.1 Å². The lowest BCUT2D eigenvalue weighted by Crippen LogP contribution is -2.13. The number of nitrogens with one attached hydrogen (secondary N) is 1. The first-order valence-electron chi connectivity index (χ1n) is 6.03. The van der Waals surface area contributed by atoms with Crippen molar-refractivity contribution in [2.45, 2.75) is 6.42 Å². The Morgan fingerprint density at radius 3 is 2.62 bits per heavy atom. The summed E-state index contributed by atoms with van der Waals surface area (Å²) >= 11 is 3.13. The second-order valence-electron chi connectivity index (χ2n) is 4.35. The Morgan fingerprint density at radius 2 is 1.95 bits per heavy atom. The van der Waals surface area contributed by atoms with Crippen LogP contribution in [0, 0.1) is 5.82 Å². The number of carboxylic acid groups (broad SMARTS) is 1. The number of halogens is 2. The number of carboxylic acids is 1. The molecule has 0 saturated carbocycles. The van der Waals surface area contributed by atoms with E-state index in [4.69, 9.17) is 5.11 Å². The lowest BCUT2D eigenvalue weighted by atomic mass is 10.1. The van der Waals surface area contributed by atoms with Crippen LogP contribution in [-0.2, 0) is 11.2 Å². The minimum Gasteiger partial charge on any atom is -0.481 e. The topological polar surface area (TPSA) is 66.4 Å². The summed E-state index contributed by atoms with van der Waals surface area (Å²) in [6, 6.07) is 10.3. The lowest BCUT2D eigenvalue weighted by Gasteiger charge is -2.08. The van der Waals surface area contributed by atoms with Gasteiger partial charge in [0.25, 0.3) is 5.91 Å². The third-order valence-corrected chi connectivity index (χ3v) is 3.37. The summed E-state index contributed by atoms with van der Waals surface area (Å²) in [5, 5.41) is 11.4. The summed E-state index contributed by atoms with van der Waals surface area (Å²) in [5.41, 5.74) is 1.36. The first-order valence-corrected chi connectivity index (χ1v) is 6.82. The van der Waals surface area contributed by atoms with Crippen molar-refractivity contribution in [3.8, 4) is 0 Å². The minimum absolute atomic E-state index is 0.121. The van der Waals surface area contributed by atoms with Crippen LogP contribution in [0.25, 0.3) is 0 Å². The Labute approximate surface area is 128 Å². The van der Waals surface area contributed by atoms with Crippen LogP contribution in [-0.4, -0.2) is 17.0 Å². The molecule has 0 fully saturated rings. The van der Waals surface area contributed by atoms with Gasteiger partial charge in [-0.3, -0.25) is 9.59 Å². The molecule has 4 nitrogen and oxygen atoms in total. The van der Waals surface area contributed by atoms with Crippen molar-refractivity contribution in [1.82, 2.24) is 0 Å². The van der Waals surface area contributed by atoms with Gasteiger partial charge in [-0.1, -0.05) is 12.1 Å². The zero-order valence-electron chi connectivity index (χ0n) is 10.8. The maximum Gasteiger partial charge on any atom is 0.307 e. The van der Waals surface area contributed by atoms with Crippen LogP contribution in [0.1, 0.15) is 15.9 Å². The Hall–Kier alpha value is -2.21. The summed E-state index contributed by atoms with van der Waals surface area (Å²) < 4.78 is 13.3. The number of amides is 1. The fourth-order valence-corrected chi connectivity index (χ4v) is 2.34. The Morgan fingerprint density at radius 1 is 1.19 bits per heavy atom. The Balaban J connectivity index is 2.17. The molecule has 0 spiro atoms. The van der Waals surface area contributed by atoms with Crippen LogP contribution < -0.4 is 5.32 Å². The average molecular weight is 352 g/mol. The molecule has 108 valence electrons. The second kappa shape index (κ2) is 6.49. The van der Waals surface area contributed by atoms with Crippen molar-refractivity contribution < 1.29 is 19.1 Å². The molecule has 0 atom stereocenters. The molecule has 0 aliphatic rings. The van der Waals surface area contributed by atoms with Crippen molar-refractivity contribution in [1.29, 1.82) is 0 Å². The molecule has 2 rings (SSSR count). The molecule has 0 bridgehead atoms. The number of benzene rings is 2. The normalized spacial score (nSPS) is 10.2. The predicted octanol–water partition coefficient (Wildman–Crippen LogP) is 3.47. The first kappa shape index (κ1) is 15.2. The fourth-order valence-electron chi connectivity index (χ4n) is 1.81. The number of hydrogen-bond acceptors (Lipinski definition) is 2. The van der Waals surface area contributed by atoms with Gasteiger partial charge in [0.15, 0.2) is 0 Å². The van der Waals surface area contributed by atoms with Crippen molar-refractivity contribution in [2.24, 2.45) is 0 Å². The monoisotopic (exact) mass is 351 g/mol. The van der Waals surface area contributed by atoms with Crippen molar-refractivity contribution in [2.75, 3.05) is 5.32 Å². The van der Waals surface area contributed by atoms with Crippen LogP contribution in [0.3, 0.4) is 0 Å². The van der Waals surface area contributed by atoms with Crippen LogP contribution >= 0.6 is 15.9 Å². The number of aliphatic carboxylic acids is 1. The second-order valence-corrected chi connectivity index (χ2v) is 5.20. The molecule has 0 heterocycles. The summed E-state index contributed by atoms with van der Waals surface area (Å²) in [6.45, 7) is 0. The number of rotatable bonds is 4. The molecule has 6 heteroatoms. The van der Waals surface area contributed by atoms with Crippen molar-refractivity contribution in [3.63, 3.8) is 0 Å². The fraction of sp³-hybridized carbons (Fsp3) is 0.0667. The van der Waals surface area contributed by atoms with Gasteiger partial charge in [0, 0.05) is 10.2 Å². The van der Waals surface area contributed by atoms with E-state index in [9.17, 15) is 14.0 Å². The van der Waals surface area contributed by atoms with E-state index in [0.29, 0.717) is 21.3 Å². The standard InChI is InChI=1S/C15H11BrFNO3/c16-13-8-10(17)4-5-12(13)15(21)18-11-3-1-2-9(6-11)7-14(19)20/h1-6,8H,7H2,(H,18,21)(H,19,20). The van der Waals surface area contributed by atoms with Gasteiger partial charge < -0.3 is 10.4 Å². The van der Waals surface area contributed by atoms with Gasteiger partial charge in [0.1, 0.15) is 5.82 Å². The number of anilines is 1. The third kappa shape index (κ3) is 4.13. The minimum atomic E-state index is -0.945. The quantitative estimate of drug-likeness (QED) is 0.886. The number of hydrogen-bond donors (Lipinski definition) is 2. The zero-order valence-corrected chi connectivity index (χ0v) is 12.4. The van der Waals surface area contributed by atoms with Gasteiger partial charge in [-0.05, 0) is 51.8 Å². The van der Waals surface area contributed by atoms with Gasteiger partial charge in [-0.25, -0.2) is 4.39 Å². The van der Waals surface area contributed by atoms with Gasteiger partial charge in [0.05, 0.1) is 12.0 Å². The summed E-state index contributed by atoms with van der Waals surface area (Å²) in [7, 11) is 0. The molecule has 0 aliphatic carbocycles. The van der Waals surface area contributed by atoms with Gasteiger partial charge in [-0.2, -0.15) is 0 Å². The Kier molecular flexibility index (Phi) is 4.70. The van der Waals surface area contributed by atoms with E-state index in [2.05, 4.69) is 21.2 Å². The molecule has 2 N–H and O–H groups in total. The van der Waals surface area contributed by atoms with Gasteiger partial charge >= 0.3 is 5.97 Å². The van der Waals surface area contributed by atoms with Crippen LogP contribution in [0.15, 0.2) is 46.9 Å². The SMILES string of the molecule is O=C(O)Cc1cccc(NC(=O)c2ccc(F)cc2Br)c1. The van der Waals surface area contributed by atoms with E-state index in [0.717, 1.165) is 0 Å². The van der Waals surface area contributed by atoms with E-state index in [1.54, 1.807) is 24.3 Å². The van der Waals surface area contributed by atoms with E-state index in [-0.39, 0.29) is 6.42 Å². The molecule has 0 aliphatic heterocycles. The highest BCUT2D eigenvalue weighted by Crippen LogP contribution is 2.20. The highest BCUT2D eigenvalue weighted by Gasteiger charge is 2.11. The largest absolute Gasteiger partial charge is 0.481 e. The summed E-state index contributed by atoms with van der Waals surface area (Å²) in [6.07, 6.45) is -0.121. The molecule has 2 aromatic carbocycles. The van der Waals surface area contributed by atoms with Crippen LogP contribution in [0.5, 0.6) is 0 Å². The average Bonchev–Trinajstić information content (AvgIpc) is 2.37. The molecule has 0 radical (unpaired) electrons. The molecule has 0 saturated heterocycles. The van der Waals surface area contributed by atoms with E-state index in [1.807, 2.05) is 0 Å². The highest BCUT2D eigenvalue weighted by atomic mass is 79.9. The summed E-state index contributed by atoms with van der Waals surface area (Å²) in [5.74, 6) is -1.80. The van der Waals surface area contributed by atoms with Gasteiger partial charge in [0.2, 0.25) is 0 Å². The first-order chi connectivity index (χ1) is 9.95. The van der Waals surface area contributed by atoms with E-state index >= 15 is 0 Å². The maximum atomic E-state index is 13.0. The zero-order chi connectivity index (χ0) is 15.4. The molecular weight excluding hydrogens is 341 g/mol. The molecule has 21 heavy (non-hydrogen) atoms. The smallest absolute Gasteiger partial charge is 0.307 e. The van der Waals surface area contributed by atoms with E-state index < -0.39 is 17.7 Å².